The molecular weight excluding hydrogens is 904 g/mol. The first-order chi connectivity index (χ1) is 35.1. The van der Waals surface area contributed by atoms with Crippen LogP contribution in [0.15, 0.2) is 109 Å². The van der Waals surface area contributed by atoms with Gasteiger partial charge in [-0.05, 0) is 240 Å². The van der Waals surface area contributed by atoms with Crippen molar-refractivity contribution < 1.29 is 0 Å². The molecule has 384 valence electrons. The van der Waals surface area contributed by atoms with Crippen molar-refractivity contribution in [2.45, 2.75) is 194 Å². The molecule has 0 bridgehead atoms. The highest BCUT2D eigenvalue weighted by atomic mass is 15.2. The van der Waals surface area contributed by atoms with Crippen LogP contribution in [0.3, 0.4) is 0 Å². The van der Waals surface area contributed by atoms with E-state index in [0.717, 1.165) is 20.1 Å². The highest BCUT2D eigenvalue weighted by Crippen LogP contribution is 2.56. The fraction of sp³-hybridized carbons (Fsp3) is 0.417. The maximum absolute atomic E-state index is 4.26. The van der Waals surface area contributed by atoms with Gasteiger partial charge in [0.1, 0.15) is 0 Å². The zero-order chi connectivity index (χ0) is 53.3. The third kappa shape index (κ3) is 7.61. The van der Waals surface area contributed by atoms with E-state index in [1.807, 2.05) is 0 Å². The van der Waals surface area contributed by atoms with E-state index >= 15 is 0 Å². The highest BCUT2D eigenvalue weighted by molar-refractivity contribution is 6.74. The SMILES string of the molecule is Cc1cc2c(cc1N1c3cc(-c4c(C)cccc4C)cc(-c4cc5c(cc4Nc4ccc6c(c4)C(C)(C)CCC6(C)C)C(C)(C)CCC5(C)C)c3Bc3c1ccc1c3-c3ccccc3C1(C)C)C(C)(C)CCC2(C)C. The normalized spacial score (nSPS) is 20.0. The molecule has 75 heavy (non-hydrogen) atoms. The Morgan fingerprint density at radius 2 is 0.907 bits per heavy atom. The number of benzene rings is 7. The van der Waals surface area contributed by atoms with Crippen molar-refractivity contribution in [1.29, 1.82) is 0 Å². The molecule has 0 atom stereocenters. The van der Waals surface area contributed by atoms with Crippen LogP contribution in [-0.4, -0.2) is 7.28 Å². The van der Waals surface area contributed by atoms with Gasteiger partial charge in [-0.15, -0.1) is 0 Å². The second kappa shape index (κ2) is 16.4. The first-order valence-corrected chi connectivity index (χ1v) is 28.7. The summed E-state index contributed by atoms with van der Waals surface area (Å²) in [6.07, 6.45) is 7.07. The molecule has 2 nitrogen and oxygen atoms in total. The summed E-state index contributed by atoms with van der Waals surface area (Å²) in [5.41, 5.74) is 33.2. The molecule has 5 aliphatic rings. The molecular formula is C72H83BN2. The summed E-state index contributed by atoms with van der Waals surface area (Å²) in [6.45, 7) is 41.5. The summed E-state index contributed by atoms with van der Waals surface area (Å²) in [4.78, 5) is 2.74. The predicted molar refractivity (Wildman–Crippen MR) is 326 cm³/mol. The molecule has 0 fully saturated rings. The molecule has 12 rings (SSSR count). The van der Waals surface area contributed by atoms with E-state index in [2.05, 4.69) is 237 Å². The first kappa shape index (κ1) is 50.0. The summed E-state index contributed by atoms with van der Waals surface area (Å²) >= 11 is 0. The quantitative estimate of drug-likeness (QED) is 0.173. The topological polar surface area (TPSA) is 15.3 Å². The Balaban J connectivity index is 1.20. The molecule has 4 aliphatic carbocycles. The van der Waals surface area contributed by atoms with Crippen LogP contribution >= 0.6 is 0 Å². The smallest absolute Gasteiger partial charge is 0.199 e. The largest absolute Gasteiger partial charge is 0.355 e. The first-order valence-electron chi connectivity index (χ1n) is 28.7. The van der Waals surface area contributed by atoms with E-state index in [4.69, 9.17) is 0 Å². The monoisotopic (exact) mass is 987 g/mol. The number of nitrogens with one attached hydrogen (secondary N) is 1. The van der Waals surface area contributed by atoms with Crippen molar-refractivity contribution in [1.82, 2.24) is 0 Å². The Morgan fingerprint density at radius 3 is 1.53 bits per heavy atom. The number of rotatable bonds is 5. The van der Waals surface area contributed by atoms with Crippen LogP contribution in [0.25, 0.3) is 33.4 Å². The lowest BCUT2D eigenvalue weighted by atomic mass is 9.55. The number of fused-ring (bicyclic) bond motifs is 9. The molecule has 0 radical (unpaired) electrons. The van der Waals surface area contributed by atoms with Crippen LogP contribution in [0.5, 0.6) is 0 Å². The lowest BCUT2D eigenvalue weighted by molar-refractivity contribution is 0.332. The summed E-state index contributed by atoms with van der Waals surface area (Å²) in [5.74, 6) is 0. The molecule has 1 heterocycles. The minimum Gasteiger partial charge on any atom is -0.355 e. The van der Waals surface area contributed by atoms with Gasteiger partial charge in [-0.25, -0.2) is 0 Å². The molecule has 1 aliphatic heterocycles. The zero-order valence-corrected chi connectivity index (χ0v) is 48.8. The Labute approximate surface area is 452 Å². The van der Waals surface area contributed by atoms with Gasteiger partial charge in [-0.1, -0.05) is 158 Å². The second-order valence-corrected chi connectivity index (χ2v) is 28.8. The lowest BCUT2D eigenvalue weighted by Gasteiger charge is -2.44. The molecule has 0 saturated carbocycles. The van der Waals surface area contributed by atoms with Crippen molar-refractivity contribution in [2.24, 2.45) is 0 Å². The predicted octanol–water partition coefficient (Wildman–Crippen LogP) is 18.2. The number of aryl methyl sites for hydroxylation is 3. The third-order valence-corrected chi connectivity index (χ3v) is 20.5. The molecule has 7 aromatic rings. The van der Waals surface area contributed by atoms with Crippen LogP contribution in [-0.2, 0) is 37.9 Å². The third-order valence-electron chi connectivity index (χ3n) is 20.5. The van der Waals surface area contributed by atoms with Gasteiger partial charge in [0, 0.05) is 39.4 Å². The average Bonchev–Trinajstić information content (AvgIpc) is 3.59. The van der Waals surface area contributed by atoms with Gasteiger partial charge >= 0.3 is 0 Å². The summed E-state index contributed by atoms with van der Waals surface area (Å²) < 4.78 is 0. The van der Waals surface area contributed by atoms with Gasteiger partial charge in [-0.3, -0.25) is 0 Å². The van der Waals surface area contributed by atoms with E-state index in [0.29, 0.717) is 0 Å². The summed E-state index contributed by atoms with van der Waals surface area (Å²) in [7, 11) is 0.827. The van der Waals surface area contributed by atoms with Crippen molar-refractivity contribution in [3.8, 4) is 33.4 Å². The molecule has 0 amide bonds. The standard InChI is InChI=1S/C72H83BN2/c1-42-21-20-22-43(2)62(42)45-36-49(48-39-55-56(70(12,13)33-32-69(55,10)11)40-58(48)74-46-25-26-51-54(38-46)68(8,9)30-29-66(51,4)5)64-61(37-45)75(60-41-57-53(35-44(60)3)67(6,7)31-34-71(57,14)15)59-28-27-52-63(65(59)73-64)47-23-18-19-24-50(47)72(52,16)17/h18-28,35-41,73-74H,29-34H2,1-17H3. The molecule has 7 aromatic carbocycles. The second-order valence-electron chi connectivity index (χ2n) is 28.8. The molecule has 0 unspecified atom stereocenters. The van der Waals surface area contributed by atoms with Gasteiger partial charge in [-0.2, -0.15) is 0 Å². The van der Waals surface area contributed by atoms with Crippen molar-refractivity contribution >= 4 is 46.6 Å². The van der Waals surface area contributed by atoms with E-state index < -0.39 is 0 Å². The highest BCUT2D eigenvalue weighted by Gasteiger charge is 2.44. The van der Waals surface area contributed by atoms with Gasteiger partial charge in [0.25, 0.3) is 0 Å². The van der Waals surface area contributed by atoms with Crippen molar-refractivity contribution in [2.75, 3.05) is 10.2 Å². The Kier molecular flexibility index (Phi) is 10.9. The average molecular weight is 987 g/mol. The van der Waals surface area contributed by atoms with Crippen LogP contribution in [0.1, 0.15) is 197 Å². The molecule has 0 saturated heterocycles. The van der Waals surface area contributed by atoms with E-state index in [-0.39, 0.29) is 37.9 Å². The number of anilines is 5. The van der Waals surface area contributed by atoms with Crippen molar-refractivity contribution in [3.63, 3.8) is 0 Å². The van der Waals surface area contributed by atoms with Crippen LogP contribution in [0.4, 0.5) is 28.4 Å². The minimum absolute atomic E-state index is 0.0133. The van der Waals surface area contributed by atoms with Gasteiger partial charge in [0.2, 0.25) is 0 Å². The maximum atomic E-state index is 4.26. The maximum Gasteiger partial charge on any atom is 0.199 e. The van der Waals surface area contributed by atoms with Gasteiger partial charge in [0.15, 0.2) is 7.28 Å². The van der Waals surface area contributed by atoms with Crippen LogP contribution < -0.4 is 21.1 Å². The molecule has 0 spiro atoms. The van der Waals surface area contributed by atoms with Crippen molar-refractivity contribution in [3.05, 3.63) is 170 Å². The molecule has 1 N–H and O–H groups in total. The molecule has 0 aromatic heterocycles. The summed E-state index contributed by atoms with van der Waals surface area (Å²) in [6, 6.07) is 44.1. The Bertz CT molecular complexity index is 3550. The number of hydrogen-bond donors (Lipinski definition) is 1. The fourth-order valence-corrected chi connectivity index (χ4v) is 15.2. The number of nitrogens with zero attached hydrogens (tertiary/aromatic N) is 1. The minimum atomic E-state index is -0.120. The Hall–Kier alpha value is -5.80. The number of hydrogen-bond acceptors (Lipinski definition) is 2. The zero-order valence-electron chi connectivity index (χ0n) is 48.8. The molecule has 3 heteroatoms. The lowest BCUT2D eigenvalue weighted by Crippen LogP contribution is -2.43. The fourth-order valence-electron chi connectivity index (χ4n) is 15.2. The Morgan fingerprint density at radius 1 is 0.373 bits per heavy atom. The van der Waals surface area contributed by atoms with Gasteiger partial charge < -0.3 is 10.2 Å². The summed E-state index contributed by atoms with van der Waals surface area (Å²) in [5, 5.41) is 4.26. The van der Waals surface area contributed by atoms with E-state index in [1.165, 1.54) is 160 Å². The van der Waals surface area contributed by atoms with Crippen LogP contribution in [0.2, 0.25) is 0 Å². The van der Waals surface area contributed by atoms with E-state index in [9.17, 15) is 0 Å². The van der Waals surface area contributed by atoms with Crippen LogP contribution in [0, 0.1) is 20.8 Å². The van der Waals surface area contributed by atoms with Gasteiger partial charge in [0.05, 0.1) is 0 Å². The van der Waals surface area contributed by atoms with E-state index in [1.54, 1.807) is 0 Å².